The molecule has 0 aliphatic carbocycles. The van der Waals surface area contributed by atoms with E-state index in [9.17, 15) is 0 Å². The normalized spacial score (nSPS) is 11.4. The van der Waals surface area contributed by atoms with Gasteiger partial charge in [0, 0.05) is 22.3 Å². The van der Waals surface area contributed by atoms with Crippen LogP contribution in [0.15, 0.2) is 114 Å². The highest BCUT2D eigenvalue weighted by atomic mass is 35.5. The molecular weight excluding hydrogens is 502 g/mol. The van der Waals surface area contributed by atoms with Crippen molar-refractivity contribution in [3.63, 3.8) is 0 Å². The van der Waals surface area contributed by atoms with E-state index < -0.39 is 0 Å². The number of nitrogens with zero attached hydrogens (tertiary/aromatic N) is 5. The molecule has 0 radical (unpaired) electrons. The van der Waals surface area contributed by atoms with E-state index in [1.165, 1.54) is 11.3 Å². The smallest absolute Gasteiger partial charge is 0.212 e. The van der Waals surface area contributed by atoms with Crippen LogP contribution in [0.2, 0.25) is 5.02 Å². The van der Waals surface area contributed by atoms with Gasteiger partial charge in [0.1, 0.15) is 11.4 Å². The number of halogens is 1. The first-order chi connectivity index (χ1) is 18.2. The summed E-state index contributed by atoms with van der Waals surface area (Å²) in [4.78, 5) is 4.87. The van der Waals surface area contributed by atoms with Crippen molar-refractivity contribution in [3.05, 3.63) is 115 Å². The van der Waals surface area contributed by atoms with Crippen LogP contribution < -0.4 is 0 Å². The minimum Gasteiger partial charge on any atom is -0.463 e. The van der Waals surface area contributed by atoms with E-state index in [-0.39, 0.29) is 0 Å². The Morgan fingerprint density at radius 1 is 0.811 bits per heavy atom. The van der Waals surface area contributed by atoms with Crippen LogP contribution in [0.4, 0.5) is 0 Å². The lowest BCUT2D eigenvalue weighted by atomic mass is 10.1. The number of para-hydroxylation sites is 1. The lowest BCUT2D eigenvalue weighted by Gasteiger charge is -2.04. The molecule has 4 aromatic heterocycles. The van der Waals surface area contributed by atoms with E-state index in [4.69, 9.17) is 31.2 Å². The van der Waals surface area contributed by atoms with E-state index in [2.05, 4.69) is 12.1 Å². The van der Waals surface area contributed by atoms with Crippen LogP contribution in [0.5, 0.6) is 0 Å². The molecule has 0 bridgehead atoms. The predicted octanol–water partition coefficient (Wildman–Crippen LogP) is 7.92. The topological polar surface area (TPSA) is 61.7 Å². The summed E-state index contributed by atoms with van der Waals surface area (Å²) in [6.45, 7) is 0. The monoisotopic (exact) mass is 519 g/mol. The van der Waals surface area contributed by atoms with Gasteiger partial charge < -0.3 is 4.42 Å². The summed E-state index contributed by atoms with van der Waals surface area (Å²) >= 11 is 7.79. The number of benzene rings is 3. The molecule has 7 rings (SSSR count). The van der Waals surface area contributed by atoms with Crippen molar-refractivity contribution in [1.29, 1.82) is 0 Å². The Bertz CT molecular complexity index is 1840. The van der Waals surface area contributed by atoms with Crippen molar-refractivity contribution in [2.45, 2.75) is 0 Å². The van der Waals surface area contributed by atoms with Gasteiger partial charge in [-0.05, 0) is 48.5 Å². The highest BCUT2D eigenvalue weighted by molar-refractivity contribution is 7.20. The summed E-state index contributed by atoms with van der Waals surface area (Å²) in [7, 11) is 0. The summed E-state index contributed by atoms with van der Waals surface area (Å²) in [5.74, 6) is 0.681. The number of hydrogen-bond acceptors (Lipinski definition) is 5. The number of rotatable bonds is 5. The minimum absolute atomic E-state index is 0.676. The number of hydrogen-bond donors (Lipinski definition) is 0. The van der Waals surface area contributed by atoms with Gasteiger partial charge >= 0.3 is 0 Å². The molecule has 0 amide bonds. The van der Waals surface area contributed by atoms with Gasteiger partial charge in [-0.15, -0.1) is 0 Å². The van der Waals surface area contributed by atoms with Crippen molar-refractivity contribution < 1.29 is 4.42 Å². The van der Waals surface area contributed by atoms with Crippen molar-refractivity contribution in [2.75, 3.05) is 0 Å². The maximum absolute atomic E-state index is 6.26. The zero-order chi connectivity index (χ0) is 24.8. The standard InChI is InChI=1S/C29H18ClN5OS/c30-20-13-14-23-27(16-20)37-29(31-23)35-25(17-24(32-35)26-12-7-15-36-26)22-18-34(21-10-5-2-6-11-21)33-28(22)19-8-3-1-4-9-19/h1-18H. The SMILES string of the molecule is Clc1ccc2nc(-n3nc(-c4ccco4)cc3-c3cn(-c4ccccc4)nc3-c3ccccc3)sc2c1. The van der Waals surface area contributed by atoms with Gasteiger partial charge in [-0.25, -0.2) is 14.3 Å². The highest BCUT2D eigenvalue weighted by Crippen LogP contribution is 2.37. The molecule has 0 atom stereocenters. The van der Waals surface area contributed by atoms with Gasteiger partial charge in [0.2, 0.25) is 5.13 Å². The van der Waals surface area contributed by atoms with Crippen molar-refractivity contribution in [3.8, 4) is 44.8 Å². The second-order valence-corrected chi connectivity index (χ2v) is 9.90. The van der Waals surface area contributed by atoms with Gasteiger partial charge in [-0.2, -0.15) is 10.2 Å². The molecule has 6 nitrogen and oxygen atoms in total. The predicted molar refractivity (Wildman–Crippen MR) is 147 cm³/mol. The van der Waals surface area contributed by atoms with Crippen LogP contribution in [-0.2, 0) is 0 Å². The maximum atomic E-state index is 6.26. The minimum atomic E-state index is 0.676. The fourth-order valence-corrected chi connectivity index (χ4v) is 5.53. The molecular formula is C29H18ClN5OS. The lowest BCUT2D eigenvalue weighted by molar-refractivity contribution is 0.579. The zero-order valence-corrected chi connectivity index (χ0v) is 20.9. The molecule has 3 aromatic carbocycles. The van der Waals surface area contributed by atoms with Gasteiger partial charge in [0.25, 0.3) is 0 Å². The fraction of sp³-hybridized carbons (Fsp3) is 0. The summed E-state index contributed by atoms with van der Waals surface area (Å²) in [6.07, 6.45) is 3.69. The fourth-order valence-electron chi connectivity index (χ4n) is 4.32. The van der Waals surface area contributed by atoms with E-state index in [1.807, 2.05) is 100 Å². The van der Waals surface area contributed by atoms with Crippen molar-refractivity contribution in [2.24, 2.45) is 0 Å². The molecule has 7 aromatic rings. The second kappa shape index (κ2) is 8.89. The van der Waals surface area contributed by atoms with E-state index >= 15 is 0 Å². The largest absolute Gasteiger partial charge is 0.463 e. The molecule has 0 unspecified atom stereocenters. The molecule has 0 spiro atoms. The molecule has 8 heteroatoms. The number of thiazole rings is 1. The summed E-state index contributed by atoms with van der Waals surface area (Å²) in [5, 5.41) is 11.3. The summed E-state index contributed by atoms with van der Waals surface area (Å²) in [6, 6.07) is 31.7. The van der Waals surface area contributed by atoms with Crippen LogP contribution in [-0.4, -0.2) is 24.5 Å². The first-order valence-electron chi connectivity index (χ1n) is 11.6. The first kappa shape index (κ1) is 21.8. The lowest BCUT2D eigenvalue weighted by Crippen LogP contribution is -1.99. The summed E-state index contributed by atoms with van der Waals surface area (Å²) < 4.78 is 10.5. The number of fused-ring (bicyclic) bond motifs is 1. The van der Waals surface area contributed by atoms with E-state index in [0.717, 1.165) is 43.6 Å². The van der Waals surface area contributed by atoms with Crippen LogP contribution in [0.25, 0.3) is 55.0 Å². The Morgan fingerprint density at radius 3 is 2.41 bits per heavy atom. The quantitative estimate of drug-likeness (QED) is 0.232. The average Bonchev–Trinajstić information content (AvgIpc) is 3.74. The third-order valence-electron chi connectivity index (χ3n) is 6.06. The molecule has 4 heterocycles. The van der Waals surface area contributed by atoms with Crippen LogP contribution in [0.1, 0.15) is 0 Å². The second-order valence-electron chi connectivity index (χ2n) is 8.45. The molecule has 0 fully saturated rings. The number of aromatic nitrogens is 5. The first-order valence-corrected chi connectivity index (χ1v) is 12.8. The summed E-state index contributed by atoms with van der Waals surface area (Å²) in [5.41, 5.74) is 6.20. The van der Waals surface area contributed by atoms with Gasteiger partial charge in [-0.3, -0.25) is 0 Å². The van der Waals surface area contributed by atoms with Gasteiger partial charge in [-0.1, -0.05) is 71.5 Å². The molecule has 0 saturated heterocycles. The highest BCUT2D eigenvalue weighted by Gasteiger charge is 2.23. The Morgan fingerprint density at radius 2 is 1.62 bits per heavy atom. The maximum Gasteiger partial charge on any atom is 0.212 e. The van der Waals surface area contributed by atoms with Crippen molar-refractivity contribution in [1.82, 2.24) is 24.5 Å². The number of furan rings is 1. The zero-order valence-electron chi connectivity index (χ0n) is 19.3. The van der Waals surface area contributed by atoms with Crippen molar-refractivity contribution >= 4 is 33.2 Å². The Kier molecular flexibility index (Phi) is 5.23. The van der Waals surface area contributed by atoms with Gasteiger partial charge in [0.15, 0.2) is 5.76 Å². The molecule has 37 heavy (non-hydrogen) atoms. The van der Waals surface area contributed by atoms with E-state index in [0.29, 0.717) is 16.5 Å². The van der Waals surface area contributed by atoms with Crippen LogP contribution >= 0.6 is 22.9 Å². The Hall–Kier alpha value is -4.46. The Labute approximate surface area is 221 Å². The van der Waals surface area contributed by atoms with Gasteiger partial charge in [0.05, 0.1) is 27.9 Å². The Balaban J connectivity index is 1.48. The molecule has 0 saturated carbocycles. The average molecular weight is 520 g/mol. The van der Waals surface area contributed by atoms with Crippen LogP contribution in [0, 0.1) is 0 Å². The third kappa shape index (κ3) is 3.94. The molecule has 0 aliphatic rings. The van der Waals surface area contributed by atoms with E-state index in [1.54, 1.807) is 6.26 Å². The van der Waals surface area contributed by atoms with Crippen LogP contribution in [0.3, 0.4) is 0 Å². The molecule has 178 valence electrons. The molecule has 0 aliphatic heterocycles. The third-order valence-corrected chi connectivity index (χ3v) is 7.29. The molecule has 0 N–H and O–H groups in total.